The third kappa shape index (κ3) is 2.87. The number of furan rings is 1. The molecule has 126 valence electrons. The number of hydrazone groups is 1. The van der Waals surface area contributed by atoms with Crippen LogP contribution in [0.5, 0.6) is 0 Å². The first-order valence-corrected chi connectivity index (χ1v) is 8.04. The molecular weight excluding hydrogens is 336 g/mol. The van der Waals surface area contributed by atoms with Gasteiger partial charge >= 0.3 is 5.97 Å². The molecule has 0 spiro atoms. The van der Waals surface area contributed by atoms with Crippen LogP contribution in [0.4, 0.5) is 5.88 Å². The van der Waals surface area contributed by atoms with Crippen LogP contribution in [0, 0.1) is 0 Å². The van der Waals surface area contributed by atoms with Crippen LogP contribution in [0.2, 0.25) is 0 Å². The minimum Gasteiger partial charge on any atom is -0.477 e. The van der Waals surface area contributed by atoms with E-state index in [1.54, 1.807) is 12.1 Å². The van der Waals surface area contributed by atoms with E-state index in [9.17, 15) is 19.5 Å². The van der Waals surface area contributed by atoms with Crippen molar-refractivity contribution in [3.8, 4) is 0 Å². The van der Waals surface area contributed by atoms with Gasteiger partial charge in [0.15, 0.2) is 5.88 Å². The zero-order valence-electron chi connectivity index (χ0n) is 12.6. The number of aliphatic carboxylic acids is 1. The molecule has 0 bridgehead atoms. The number of nitrogens with zero attached hydrogens (tertiary/aromatic N) is 2. The average molecular weight is 350 g/mol. The first kappa shape index (κ1) is 16.1. The topological polar surface area (TPSA) is 124 Å². The molecule has 0 radical (unpaired) electrons. The van der Waals surface area contributed by atoms with Crippen molar-refractivity contribution < 1.29 is 23.9 Å². The van der Waals surface area contributed by atoms with Crippen molar-refractivity contribution >= 4 is 41.6 Å². The third-order valence-electron chi connectivity index (χ3n) is 3.46. The Kier molecular flexibility index (Phi) is 4.30. The summed E-state index contributed by atoms with van der Waals surface area (Å²) in [5, 5.41) is 15.8. The highest BCUT2D eigenvalue weighted by Gasteiger charge is 2.53. The first-order chi connectivity index (χ1) is 11.5. The zero-order chi connectivity index (χ0) is 17.3. The van der Waals surface area contributed by atoms with E-state index < -0.39 is 12.0 Å². The highest BCUT2D eigenvalue weighted by Crippen LogP contribution is 2.41. The van der Waals surface area contributed by atoms with Crippen LogP contribution in [0.15, 0.2) is 39.2 Å². The number of β-lactam (4-membered cyclic amide) rings is 1. The summed E-state index contributed by atoms with van der Waals surface area (Å²) in [5.74, 6) is -1.13. The number of hydrogen-bond acceptors (Lipinski definition) is 7. The summed E-state index contributed by atoms with van der Waals surface area (Å²) in [5.41, 5.74) is 2.46. The van der Waals surface area contributed by atoms with Crippen molar-refractivity contribution in [2.24, 2.45) is 5.10 Å². The third-order valence-corrected chi connectivity index (χ3v) is 4.76. The van der Waals surface area contributed by atoms with E-state index in [1.807, 2.05) is 0 Å². The Hall–Kier alpha value is -2.75. The first-order valence-electron chi connectivity index (χ1n) is 7.00. The lowest BCUT2D eigenvalue weighted by atomic mass is 10.0. The smallest absolute Gasteiger partial charge is 0.353 e. The monoisotopic (exact) mass is 350 g/mol. The molecule has 9 nitrogen and oxygen atoms in total. The second-order valence-electron chi connectivity index (χ2n) is 5.11. The van der Waals surface area contributed by atoms with E-state index >= 15 is 0 Å². The Morgan fingerprint density at radius 1 is 1.54 bits per heavy atom. The van der Waals surface area contributed by atoms with Crippen molar-refractivity contribution in [3.63, 3.8) is 0 Å². The molecule has 3 N–H and O–H groups in total. The number of anilines is 1. The van der Waals surface area contributed by atoms with E-state index in [1.165, 1.54) is 36.1 Å². The Labute approximate surface area is 140 Å². The molecular formula is C14H14N4O5S. The second kappa shape index (κ2) is 6.40. The van der Waals surface area contributed by atoms with E-state index in [0.29, 0.717) is 17.2 Å². The summed E-state index contributed by atoms with van der Waals surface area (Å²) in [6.45, 7) is 1.29. The van der Waals surface area contributed by atoms with Crippen molar-refractivity contribution in [1.82, 2.24) is 10.3 Å². The molecule has 1 fully saturated rings. The standard InChI is InChI=1S/C14H14N4O5S/c1-7(19)17-15-5-8-6-24-13-10(16-9-3-2-4-23-9)12(20)18(13)11(8)14(21)22/h2-5,10,13,16H,6H2,1H3,(H,17,19)(H,21,22)/b15-5+/t10?,13-/m1/s1. The molecule has 10 heteroatoms. The molecule has 1 aromatic rings. The fourth-order valence-electron chi connectivity index (χ4n) is 2.46. The number of rotatable bonds is 5. The number of carboxylic acids is 1. The quantitative estimate of drug-likeness (QED) is 0.400. The van der Waals surface area contributed by atoms with Gasteiger partial charge in [-0.25, -0.2) is 10.2 Å². The number of carbonyl (C=O) groups is 3. The fraction of sp³-hybridized carbons (Fsp3) is 0.286. The van der Waals surface area contributed by atoms with Crippen molar-refractivity contribution in [1.29, 1.82) is 0 Å². The summed E-state index contributed by atoms with van der Waals surface area (Å²) >= 11 is 1.41. The van der Waals surface area contributed by atoms with Crippen LogP contribution < -0.4 is 10.7 Å². The van der Waals surface area contributed by atoms with Gasteiger partial charge < -0.3 is 14.8 Å². The fourth-order valence-corrected chi connectivity index (χ4v) is 3.75. The van der Waals surface area contributed by atoms with Gasteiger partial charge in [-0.15, -0.1) is 11.8 Å². The molecule has 2 atom stereocenters. The predicted molar refractivity (Wildman–Crippen MR) is 86.2 cm³/mol. The number of thioether (sulfide) groups is 1. The van der Waals surface area contributed by atoms with Gasteiger partial charge in [0.05, 0.1) is 12.5 Å². The second-order valence-corrected chi connectivity index (χ2v) is 6.22. The van der Waals surface area contributed by atoms with Gasteiger partial charge in [0, 0.05) is 24.3 Å². The van der Waals surface area contributed by atoms with Gasteiger partial charge in [-0.05, 0) is 6.07 Å². The number of hydrogen-bond donors (Lipinski definition) is 3. The SMILES string of the molecule is CC(=O)N/N=C/C1=C(C(=O)O)N2C(=O)C(Nc3ccco3)[C@H]2SC1. The highest BCUT2D eigenvalue weighted by atomic mass is 32.2. The summed E-state index contributed by atoms with van der Waals surface area (Å²) in [4.78, 5) is 36.0. The lowest BCUT2D eigenvalue weighted by Gasteiger charge is -2.49. The number of carbonyl (C=O) groups excluding carboxylic acids is 2. The Morgan fingerprint density at radius 2 is 2.33 bits per heavy atom. The molecule has 2 aliphatic rings. The molecule has 1 unspecified atom stereocenters. The minimum absolute atomic E-state index is 0.115. The van der Waals surface area contributed by atoms with Crippen LogP contribution in [0.1, 0.15) is 6.92 Å². The van der Waals surface area contributed by atoms with E-state index in [4.69, 9.17) is 4.42 Å². The van der Waals surface area contributed by atoms with Gasteiger partial charge in [0.1, 0.15) is 17.1 Å². The molecule has 0 saturated carbocycles. The lowest BCUT2D eigenvalue weighted by molar-refractivity contribution is -0.147. The average Bonchev–Trinajstić information content (AvgIpc) is 3.04. The maximum Gasteiger partial charge on any atom is 0.353 e. The summed E-state index contributed by atoms with van der Waals surface area (Å²) < 4.78 is 5.16. The number of amides is 2. The zero-order valence-corrected chi connectivity index (χ0v) is 13.4. The van der Waals surface area contributed by atoms with E-state index in [-0.39, 0.29) is 22.9 Å². The summed E-state index contributed by atoms with van der Waals surface area (Å²) in [6.07, 6.45) is 2.74. The molecule has 3 heterocycles. The number of carboxylic acid groups (broad SMARTS) is 1. The van der Waals surface area contributed by atoms with Gasteiger partial charge in [-0.2, -0.15) is 5.10 Å². The molecule has 3 rings (SSSR count). The van der Waals surface area contributed by atoms with Crippen LogP contribution in [0.3, 0.4) is 0 Å². The lowest BCUT2D eigenvalue weighted by Crippen LogP contribution is -2.67. The predicted octanol–water partition coefficient (Wildman–Crippen LogP) is 0.436. The maximum atomic E-state index is 12.4. The van der Waals surface area contributed by atoms with Crippen molar-refractivity contribution in [2.75, 3.05) is 11.1 Å². The van der Waals surface area contributed by atoms with Crippen LogP contribution in [0.25, 0.3) is 0 Å². The molecule has 0 aromatic carbocycles. The van der Waals surface area contributed by atoms with Crippen LogP contribution in [-0.2, 0) is 14.4 Å². The Morgan fingerprint density at radius 3 is 2.96 bits per heavy atom. The van der Waals surface area contributed by atoms with Gasteiger partial charge in [-0.3, -0.25) is 14.5 Å². The summed E-state index contributed by atoms with van der Waals surface area (Å²) in [6, 6.07) is 2.82. The largest absolute Gasteiger partial charge is 0.477 e. The molecule has 1 aromatic heterocycles. The molecule has 2 amide bonds. The molecule has 2 aliphatic heterocycles. The van der Waals surface area contributed by atoms with Gasteiger partial charge in [0.25, 0.3) is 5.91 Å². The van der Waals surface area contributed by atoms with Crippen LogP contribution >= 0.6 is 11.8 Å². The van der Waals surface area contributed by atoms with E-state index in [2.05, 4.69) is 15.8 Å². The maximum absolute atomic E-state index is 12.4. The molecule has 24 heavy (non-hydrogen) atoms. The molecule has 0 aliphatic carbocycles. The normalized spacial score (nSPS) is 23.0. The Bertz CT molecular complexity index is 742. The van der Waals surface area contributed by atoms with Gasteiger partial charge in [-0.1, -0.05) is 0 Å². The number of fused-ring (bicyclic) bond motifs is 1. The van der Waals surface area contributed by atoms with Crippen LogP contribution in [-0.4, -0.2) is 51.2 Å². The summed E-state index contributed by atoms with van der Waals surface area (Å²) in [7, 11) is 0. The van der Waals surface area contributed by atoms with Crippen molar-refractivity contribution in [3.05, 3.63) is 29.7 Å². The Balaban J connectivity index is 1.80. The minimum atomic E-state index is -1.21. The van der Waals surface area contributed by atoms with Crippen molar-refractivity contribution in [2.45, 2.75) is 18.3 Å². The number of nitrogens with one attached hydrogen (secondary N) is 2. The van der Waals surface area contributed by atoms with E-state index in [0.717, 1.165) is 0 Å². The van der Waals surface area contributed by atoms with Gasteiger partial charge in [0.2, 0.25) is 5.91 Å². The highest BCUT2D eigenvalue weighted by molar-refractivity contribution is 8.00. The molecule has 1 saturated heterocycles.